The molecule has 0 heterocycles. The number of hydrogen-bond acceptors (Lipinski definition) is 11. The van der Waals surface area contributed by atoms with Crippen molar-refractivity contribution < 1.29 is 57.3 Å². The number of benzene rings is 3. The zero-order chi connectivity index (χ0) is 33.6. The Morgan fingerprint density at radius 1 is 0.800 bits per heavy atom. The van der Waals surface area contributed by atoms with Crippen LogP contribution in [0.15, 0.2) is 65.2 Å². The van der Waals surface area contributed by atoms with E-state index in [0.717, 1.165) is 18.1 Å². The lowest BCUT2D eigenvalue weighted by Crippen LogP contribution is -2.11. The molecule has 0 saturated heterocycles. The molecule has 244 valence electrons. The number of methoxy groups -OCH3 is 2. The number of hydrogen-bond donors (Lipinski definition) is 0. The summed E-state index contributed by atoms with van der Waals surface area (Å²) in [5.74, 6) is -0.342. The second kappa shape index (κ2) is 14.1. The number of nitrogens with zero attached hydrogens (tertiary/aromatic N) is 1. The topological polar surface area (TPSA) is 136 Å². The standard InChI is InChI=1S/C29H30F3NO10S2/c1-18(2)13-14-40-23-12-9-20(15-24(23)42-44(5,34)35)26-25(38-3)16-22(27(39-4)28(26)43-45(6,36)37)19-7-10-21(11-8-19)33-17-41-29(30,31)32/h7-13,15-17H,14H2,1-6H3. The van der Waals surface area contributed by atoms with Crippen LogP contribution in [-0.4, -0.2) is 62.9 Å². The van der Waals surface area contributed by atoms with Crippen molar-refractivity contribution in [3.8, 4) is 51.0 Å². The Kier molecular flexibility index (Phi) is 11.0. The van der Waals surface area contributed by atoms with Crippen molar-refractivity contribution in [3.63, 3.8) is 0 Å². The maximum atomic E-state index is 12.4. The fraction of sp³-hybridized carbons (Fsp3) is 0.276. The Morgan fingerprint density at radius 2 is 1.42 bits per heavy atom. The predicted molar refractivity (Wildman–Crippen MR) is 162 cm³/mol. The average Bonchev–Trinajstić information content (AvgIpc) is 2.91. The van der Waals surface area contributed by atoms with Crippen molar-refractivity contribution in [2.45, 2.75) is 20.2 Å². The maximum Gasteiger partial charge on any atom is 0.573 e. The zero-order valence-electron chi connectivity index (χ0n) is 25.0. The van der Waals surface area contributed by atoms with Gasteiger partial charge in [-0.25, -0.2) is 4.99 Å². The van der Waals surface area contributed by atoms with Crippen LogP contribution in [0.4, 0.5) is 18.9 Å². The zero-order valence-corrected chi connectivity index (χ0v) is 26.6. The van der Waals surface area contributed by atoms with Gasteiger partial charge < -0.3 is 27.3 Å². The molecule has 16 heteroatoms. The van der Waals surface area contributed by atoms with E-state index in [2.05, 4.69) is 9.73 Å². The number of halogens is 3. The van der Waals surface area contributed by atoms with Crippen molar-refractivity contribution in [1.29, 1.82) is 0 Å². The van der Waals surface area contributed by atoms with Crippen LogP contribution in [0, 0.1) is 0 Å². The third kappa shape index (κ3) is 10.3. The molecule has 0 unspecified atom stereocenters. The van der Waals surface area contributed by atoms with Gasteiger partial charge in [0.2, 0.25) is 0 Å². The summed E-state index contributed by atoms with van der Waals surface area (Å²) < 4.78 is 117. The molecule has 0 aliphatic carbocycles. The summed E-state index contributed by atoms with van der Waals surface area (Å²) in [6, 6.07) is 11.6. The van der Waals surface area contributed by atoms with Gasteiger partial charge in [0.1, 0.15) is 12.4 Å². The SMILES string of the molecule is COc1cc(-c2ccc(N=COC(F)(F)F)cc2)c(OC)c(OS(C)(=O)=O)c1-c1ccc(OCC=C(C)C)c(OS(C)(=O)=O)c1. The number of rotatable bonds is 13. The lowest BCUT2D eigenvalue weighted by atomic mass is 9.96. The highest BCUT2D eigenvalue weighted by Crippen LogP contribution is 2.51. The number of aliphatic imine (C=N–C) groups is 1. The van der Waals surface area contributed by atoms with Crippen molar-refractivity contribution in [1.82, 2.24) is 0 Å². The molecule has 0 amide bonds. The van der Waals surface area contributed by atoms with Gasteiger partial charge in [-0.15, -0.1) is 13.2 Å². The van der Waals surface area contributed by atoms with Gasteiger partial charge in [0.25, 0.3) is 0 Å². The molecule has 0 radical (unpaired) electrons. The fourth-order valence-electron chi connectivity index (χ4n) is 3.88. The van der Waals surface area contributed by atoms with Gasteiger partial charge in [0, 0.05) is 5.56 Å². The van der Waals surface area contributed by atoms with Crippen LogP contribution < -0.4 is 22.6 Å². The molecular formula is C29H30F3NO10S2. The summed E-state index contributed by atoms with van der Waals surface area (Å²) in [5, 5.41) is 0. The molecule has 45 heavy (non-hydrogen) atoms. The number of alkyl halides is 3. The minimum absolute atomic E-state index is 0.0534. The first-order valence-corrected chi connectivity index (χ1v) is 16.4. The molecule has 0 N–H and O–H groups in total. The lowest BCUT2D eigenvalue weighted by Gasteiger charge is -2.21. The summed E-state index contributed by atoms with van der Waals surface area (Å²) in [6.45, 7) is 3.85. The first-order valence-electron chi connectivity index (χ1n) is 12.8. The molecule has 0 aliphatic heterocycles. The Labute approximate surface area is 259 Å². The van der Waals surface area contributed by atoms with E-state index in [-0.39, 0.29) is 64.1 Å². The molecule has 11 nitrogen and oxygen atoms in total. The molecule has 0 saturated carbocycles. The van der Waals surface area contributed by atoms with Crippen molar-refractivity contribution in [2.75, 3.05) is 33.3 Å². The quantitative estimate of drug-likeness (QED) is 0.0886. The van der Waals surface area contributed by atoms with Crippen molar-refractivity contribution in [2.24, 2.45) is 4.99 Å². The molecule has 3 aromatic rings. The highest BCUT2D eigenvalue weighted by molar-refractivity contribution is 7.86. The maximum absolute atomic E-state index is 12.4. The normalized spacial score (nSPS) is 12.0. The van der Waals surface area contributed by atoms with Gasteiger partial charge >= 0.3 is 26.6 Å². The smallest absolute Gasteiger partial charge is 0.496 e. The molecule has 0 aliphatic rings. The van der Waals surface area contributed by atoms with E-state index in [1.807, 2.05) is 13.8 Å². The third-order valence-corrected chi connectivity index (χ3v) is 6.58. The predicted octanol–water partition coefficient (Wildman–Crippen LogP) is 6.26. The summed E-state index contributed by atoms with van der Waals surface area (Å²) in [5.41, 5.74) is 2.10. The monoisotopic (exact) mass is 673 g/mol. The molecule has 0 bridgehead atoms. The van der Waals surface area contributed by atoms with Gasteiger partial charge in [0.15, 0.2) is 29.4 Å². The molecule has 0 atom stereocenters. The van der Waals surface area contributed by atoms with E-state index in [0.29, 0.717) is 5.56 Å². The second-order valence-electron chi connectivity index (χ2n) is 9.54. The van der Waals surface area contributed by atoms with Crippen LogP contribution >= 0.6 is 0 Å². The molecule has 3 aromatic carbocycles. The molecular weight excluding hydrogens is 643 g/mol. The molecule has 3 rings (SSSR count). The number of allylic oxidation sites excluding steroid dienone is 1. The van der Waals surface area contributed by atoms with Crippen LogP contribution in [-0.2, 0) is 25.0 Å². The summed E-state index contributed by atoms with van der Waals surface area (Å²) in [6.07, 6.45) is -1.18. The summed E-state index contributed by atoms with van der Waals surface area (Å²) in [7, 11) is -5.60. The van der Waals surface area contributed by atoms with Crippen LogP contribution in [0.25, 0.3) is 22.3 Å². The van der Waals surface area contributed by atoms with Crippen molar-refractivity contribution >= 4 is 32.3 Å². The van der Waals surface area contributed by atoms with Crippen LogP contribution in [0.2, 0.25) is 0 Å². The third-order valence-electron chi connectivity index (χ3n) is 5.63. The van der Waals surface area contributed by atoms with E-state index in [1.165, 1.54) is 62.8 Å². The highest BCUT2D eigenvalue weighted by atomic mass is 32.2. The van der Waals surface area contributed by atoms with E-state index >= 15 is 0 Å². The minimum Gasteiger partial charge on any atom is -0.496 e. The fourth-order valence-corrected chi connectivity index (χ4v) is 4.80. The Balaban J connectivity index is 2.24. The minimum atomic E-state index is -4.89. The first kappa shape index (κ1) is 35.0. The summed E-state index contributed by atoms with van der Waals surface area (Å²) in [4.78, 5) is 3.59. The van der Waals surface area contributed by atoms with E-state index < -0.39 is 26.6 Å². The number of ether oxygens (including phenoxy) is 4. The summed E-state index contributed by atoms with van der Waals surface area (Å²) >= 11 is 0. The highest BCUT2D eigenvalue weighted by Gasteiger charge is 2.29. The van der Waals surface area contributed by atoms with Crippen LogP contribution in [0.5, 0.6) is 28.7 Å². The average molecular weight is 674 g/mol. The van der Waals surface area contributed by atoms with E-state index in [4.69, 9.17) is 22.6 Å². The first-order chi connectivity index (χ1) is 20.9. The van der Waals surface area contributed by atoms with Gasteiger partial charge in [-0.1, -0.05) is 23.8 Å². The molecule has 0 spiro atoms. The second-order valence-corrected chi connectivity index (χ2v) is 12.7. The lowest BCUT2D eigenvalue weighted by molar-refractivity contribution is -0.280. The Bertz CT molecular complexity index is 1800. The van der Waals surface area contributed by atoms with Gasteiger partial charge in [0.05, 0.1) is 38.0 Å². The van der Waals surface area contributed by atoms with E-state index in [9.17, 15) is 30.0 Å². The van der Waals surface area contributed by atoms with Crippen molar-refractivity contribution in [3.05, 3.63) is 60.2 Å². The van der Waals surface area contributed by atoms with Crippen LogP contribution in [0.1, 0.15) is 13.8 Å². The van der Waals surface area contributed by atoms with Gasteiger partial charge in [-0.3, -0.25) is 0 Å². The van der Waals surface area contributed by atoms with E-state index in [1.54, 1.807) is 6.08 Å². The largest absolute Gasteiger partial charge is 0.573 e. The Hall–Kier alpha value is -4.44. The van der Waals surface area contributed by atoms with Gasteiger partial charge in [-0.2, -0.15) is 16.8 Å². The molecule has 0 fully saturated rings. The van der Waals surface area contributed by atoms with Gasteiger partial charge in [-0.05, 0) is 61.4 Å². The van der Waals surface area contributed by atoms with Crippen LogP contribution in [0.3, 0.4) is 0 Å². The molecule has 0 aromatic heterocycles. The Morgan fingerprint density at radius 3 is 1.96 bits per heavy atom.